The van der Waals surface area contributed by atoms with E-state index in [2.05, 4.69) is 60.9 Å². The SMILES string of the molecule is C.COCC(=O)CCCc1cccc(Br)c1.COCC(=O)Cl.NCCc1cccc(Br)c1.[B-].[K+]. The number of benzene rings is 2. The molecule has 184 valence electrons. The maximum absolute atomic E-state index is 11.2. The Morgan fingerprint density at radius 3 is 1.74 bits per heavy atom. The van der Waals surface area contributed by atoms with Crippen molar-refractivity contribution in [2.45, 2.75) is 33.1 Å². The van der Waals surface area contributed by atoms with Gasteiger partial charge in [0, 0.05) is 29.6 Å². The van der Waals surface area contributed by atoms with E-state index in [1.54, 1.807) is 7.11 Å². The van der Waals surface area contributed by atoms with Gasteiger partial charge >= 0.3 is 51.4 Å². The van der Waals surface area contributed by atoms with Crippen LogP contribution in [0.1, 0.15) is 31.4 Å². The maximum Gasteiger partial charge on any atom is 1.00 e. The van der Waals surface area contributed by atoms with Crippen LogP contribution >= 0.6 is 43.5 Å². The molecule has 0 amide bonds. The first-order valence-electron chi connectivity index (χ1n) is 9.69. The van der Waals surface area contributed by atoms with Gasteiger partial charge in [0.15, 0.2) is 5.78 Å². The zero-order valence-corrected chi connectivity index (χ0v) is 26.5. The van der Waals surface area contributed by atoms with Gasteiger partial charge in [0.25, 0.3) is 0 Å². The van der Waals surface area contributed by atoms with Gasteiger partial charge in [0.05, 0.1) is 0 Å². The molecule has 2 aromatic carbocycles. The van der Waals surface area contributed by atoms with Crippen LogP contribution in [0.2, 0.25) is 0 Å². The second-order valence-corrected chi connectivity index (χ2v) is 8.66. The third kappa shape index (κ3) is 25.7. The van der Waals surface area contributed by atoms with Gasteiger partial charge in [0.1, 0.15) is 13.2 Å². The minimum absolute atomic E-state index is 0. The van der Waals surface area contributed by atoms with Gasteiger partial charge in [-0.3, -0.25) is 9.59 Å². The number of Topliss-reactive ketones (excluding diaryl/α,β-unsaturated/α-hetero) is 1. The number of hydrogen-bond acceptors (Lipinski definition) is 5. The van der Waals surface area contributed by atoms with Crippen LogP contribution in [-0.2, 0) is 31.9 Å². The van der Waals surface area contributed by atoms with E-state index in [1.807, 2.05) is 24.3 Å². The van der Waals surface area contributed by atoms with Gasteiger partial charge in [-0.05, 0) is 72.8 Å². The Morgan fingerprint density at radius 1 is 0.912 bits per heavy atom. The maximum atomic E-state index is 11.2. The van der Waals surface area contributed by atoms with Crippen molar-refractivity contribution in [3.8, 4) is 0 Å². The van der Waals surface area contributed by atoms with Crippen molar-refractivity contribution in [1.29, 1.82) is 0 Å². The van der Waals surface area contributed by atoms with Crippen LogP contribution in [-0.4, -0.2) is 53.4 Å². The fourth-order valence-corrected chi connectivity index (χ4v) is 3.39. The molecular weight excluding hydrogens is 611 g/mol. The van der Waals surface area contributed by atoms with E-state index in [0.717, 1.165) is 34.8 Å². The van der Waals surface area contributed by atoms with E-state index in [1.165, 1.54) is 18.2 Å². The molecule has 0 aliphatic carbocycles. The number of ketones is 1. The van der Waals surface area contributed by atoms with E-state index >= 15 is 0 Å². The van der Waals surface area contributed by atoms with Gasteiger partial charge in [-0.25, -0.2) is 0 Å². The Morgan fingerprint density at radius 2 is 1.38 bits per heavy atom. The van der Waals surface area contributed by atoms with Crippen molar-refractivity contribution in [1.82, 2.24) is 0 Å². The summed E-state index contributed by atoms with van der Waals surface area (Å²) >= 11 is 11.6. The Balaban J connectivity index is -0.000000208. The zero-order valence-electron chi connectivity index (χ0n) is 19.5. The Hall–Kier alpha value is 0.611. The predicted molar refractivity (Wildman–Crippen MR) is 146 cm³/mol. The van der Waals surface area contributed by atoms with E-state index < -0.39 is 5.24 Å². The van der Waals surface area contributed by atoms with Gasteiger partial charge in [-0.1, -0.05) is 63.6 Å². The third-order valence-electron chi connectivity index (χ3n) is 3.70. The summed E-state index contributed by atoms with van der Waals surface area (Å²) in [6, 6.07) is 16.4. The minimum Gasteiger partial charge on any atom is -1.00 e. The second kappa shape index (κ2) is 28.2. The van der Waals surface area contributed by atoms with E-state index in [4.69, 9.17) is 22.1 Å². The van der Waals surface area contributed by atoms with E-state index in [-0.39, 0.29) is 86.2 Å². The molecule has 0 unspecified atom stereocenters. The number of ether oxygens (including phenoxy) is 2. The largest absolute Gasteiger partial charge is 1.00 e. The minimum atomic E-state index is -0.461. The van der Waals surface area contributed by atoms with Crippen molar-refractivity contribution in [3.05, 3.63) is 68.6 Å². The molecular formula is C24H34BBr2ClKNO4. The van der Waals surface area contributed by atoms with Gasteiger partial charge in [0.2, 0.25) is 5.24 Å². The van der Waals surface area contributed by atoms with Crippen molar-refractivity contribution >= 4 is 62.9 Å². The normalized spacial score (nSPS) is 8.88. The molecule has 0 aromatic heterocycles. The Kier molecular flexibility index (Phi) is 34.6. The third-order valence-corrected chi connectivity index (χ3v) is 4.79. The van der Waals surface area contributed by atoms with Crippen LogP contribution in [0.3, 0.4) is 0 Å². The van der Waals surface area contributed by atoms with Gasteiger partial charge < -0.3 is 23.6 Å². The summed E-state index contributed by atoms with van der Waals surface area (Å²) in [5.41, 5.74) is 7.94. The summed E-state index contributed by atoms with van der Waals surface area (Å²) in [5, 5.41) is -0.461. The summed E-state index contributed by atoms with van der Waals surface area (Å²) in [7, 11) is 2.96. The Labute approximate surface area is 271 Å². The quantitative estimate of drug-likeness (QED) is 0.318. The molecule has 0 fully saturated rings. The average molecular weight is 646 g/mol. The van der Waals surface area contributed by atoms with Crippen molar-refractivity contribution in [3.63, 3.8) is 0 Å². The smallest absolute Gasteiger partial charge is 1.00 e. The summed E-state index contributed by atoms with van der Waals surface area (Å²) < 4.78 is 11.3. The van der Waals surface area contributed by atoms with Crippen LogP contribution in [0.4, 0.5) is 0 Å². The number of carbonyl (C=O) groups is 2. The summed E-state index contributed by atoms with van der Waals surface area (Å²) in [4.78, 5) is 20.9. The number of nitrogens with two attached hydrogens (primary N) is 1. The predicted octanol–water partition coefficient (Wildman–Crippen LogP) is 2.60. The molecule has 10 heteroatoms. The molecule has 0 aliphatic rings. The molecule has 0 aliphatic heterocycles. The molecule has 0 heterocycles. The van der Waals surface area contributed by atoms with Gasteiger partial charge in [-0.2, -0.15) is 0 Å². The standard InChI is InChI=1S/C12H15BrO2.C8H10BrN.C3H5ClO2.CH4.B.K/c1-15-9-12(14)7-3-5-10-4-2-6-11(13)8-10;9-8-3-1-2-7(6-8)4-5-10;1-6-2-3(4)5;;;/h2,4,6,8H,3,5,7,9H2,1H3;1-3,6H,4-5,10H2;2H2,1H3;1H4;;/q;;;;-1;+1. The molecule has 2 N–H and O–H groups in total. The number of rotatable bonds is 10. The first-order chi connectivity index (χ1) is 14.8. The van der Waals surface area contributed by atoms with E-state index in [0.29, 0.717) is 6.42 Å². The average Bonchev–Trinajstić information content (AvgIpc) is 2.69. The fourth-order valence-electron chi connectivity index (χ4n) is 2.39. The number of hydrogen-bond donors (Lipinski definition) is 1. The monoisotopic (exact) mass is 643 g/mol. The number of methoxy groups -OCH3 is 2. The number of aryl methyl sites for hydroxylation is 1. The van der Waals surface area contributed by atoms with Crippen molar-refractivity contribution in [2.24, 2.45) is 5.73 Å². The van der Waals surface area contributed by atoms with E-state index in [9.17, 15) is 9.59 Å². The molecule has 2 rings (SSSR count). The number of carbonyl (C=O) groups excluding carboxylic acids is 2. The molecule has 0 atom stereocenters. The summed E-state index contributed by atoms with van der Waals surface area (Å²) in [6.45, 7) is 0.955. The number of halogens is 3. The van der Waals surface area contributed by atoms with Crippen molar-refractivity contribution < 1.29 is 70.4 Å². The second-order valence-electron chi connectivity index (χ2n) is 6.41. The molecule has 0 bridgehead atoms. The molecule has 0 saturated heterocycles. The fraction of sp³-hybridized carbons (Fsp3) is 0.417. The summed E-state index contributed by atoms with van der Waals surface area (Å²) in [6.07, 6.45) is 3.38. The summed E-state index contributed by atoms with van der Waals surface area (Å²) in [5.74, 6) is 0.174. The topological polar surface area (TPSA) is 78.6 Å². The van der Waals surface area contributed by atoms with Crippen LogP contribution in [0, 0.1) is 0 Å². The molecule has 0 spiro atoms. The van der Waals surface area contributed by atoms with Crippen LogP contribution in [0.25, 0.3) is 0 Å². The molecule has 34 heavy (non-hydrogen) atoms. The van der Waals surface area contributed by atoms with Crippen LogP contribution < -0.4 is 57.1 Å². The molecule has 4 radical (unpaired) electrons. The zero-order chi connectivity index (χ0) is 23.5. The van der Waals surface area contributed by atoms with Crippen LogP contribution in [0.15, 0.2) is 57.5 Å². The molecule has 5 nitrogen and oxygen atoms in total. The first-order valence-corrected chi connectivity index (χ1v) is 11.7. The molecule has 0 saturated carbocycles. The van der Waals surface area contributed by atoms with Crippen molar-refractivity contribution in [2.75, 3.05) is 34.0 Å². The first kappa shape index (κ1) is 41.7. The van der Waals surface area contributed by atoms with Crippen LogP contribution in [0.5, 0.6) is 0 Å². The van der Waals surface area contributed by atoms with Gasteiger partial charge in [-0.15, -0.1) is 0 Å². The molecule has 2 aromatic rings. The Bertz CT molecular complexity index is 788.